The van der Waals surface area contributed by atoms with E-state index < -0.39 is 6.04 Å². The minimum atomic E-state index is -0.397. The smallest absolute Gasteiger partial charge is 0.245 e. The highest BCUT2D eigenvalue weighted by atomic mass is 16.5. The minimum Gasteiger partial charge on any atom is -0.380 e. The number of nitrogens with zero attached hydrogens (tertiary/aromatic N) is 7. The molecule has 0 saturated carbocycles. The Morgan fingerprint density at radius 2 is 2.03 bits per heavy atom. The summed E-state index contributed by atoms with van der Waals surface area (Å²) in [5.74, 6) is 2.03. The second-order valence-electron chi connectivity index (χ2n) is 7.63. The molecule has 31 heavy (non-hydrogen) atoms. The molecule has 1 aliphatic rings. The summed E-state index contributed by atoms with van der Waals surface area (Å²) in [6, 6.07) is -0.397. The van der Waals surface area contributed by atoms with Crippen LogP contribution >= 0.6 is 0 Å². The summed E-state index contributed by atoms with van der Waals surface area (Å²) in [6.45, 7) is 7.87. The van der Waals surface area contributed by atoms with E-state index in [-0.39, 0.29) is 12.0 Å². The number of aryl methyl sites for hydroxylation is 2. The van der Waals surface area contributed by atoms with E-state index in [0.717, 1.165) is 17.8 Å². The van der Waals surface area contributed by atoms with Crippen molar-refractivity contribution in [1.82, 2.24) is 34.4 Å². The Hall–Kier alpha value is -3.14. The van der Waals surface area contributed by atoms with Crippen molar-refractivity contribution < 1.29 is 9.53 Å². The van der Waals surface area contributed by atoms with Gasteiger partial charge in [-0.3, -0.25) is 4.79 Å². The number of fused-ring (bicyclic) bond motifs is 1. The number of likely N-dealkylation sites (tertiary alicyclic amines) is 1. The van der Waals surface area contributed by atoms with Crippen LogP contribution in [0.5, 0.6) is 0 Å². The molecule has 4 heterocycles. The zero-order chi connectivity index (χ0) is 22.0. The lowest BCUT2D eigenvalue weighted by molar-refractivity contribution is -0.131. The van der Waals surface area contributed by atoms with Gasteiger partial charge >= 0.3 is 0 Å². The lowest BCUT2D eigenvalue weighted by atomic mass is 10.2. The Balaban J connectivity index is 1.66. The maximum Gasteiger partial charge on any atom is 0.245 e. The summed E-state index contributed by atoms with van der Waals surface area (Å²) in [5, 5.41) is 3.32. The summed E-state index contributed by atoms with van der Waals surface area (Å²) < 4.78 is 7.40. The first-order valence-corrected chi connectivity index (χ1v) is 10.6. The first kappa shape index (κ1) is 21.1. The highest BCUT2D eigenvalue weighted by Crippen LogP contribution is 2.27. The number of anilines is 1. The molecule has 1 saturated heterocycles. The molecule has 1 aliphatic heterocycles. The number of aromatic nitrogens is 6. The predicted octanol–water partition coefficient (Wildman–Crippen LogP) is 2.05. The number of imidazole rings is 1. The van der Waals surface area contributed by atoms with Crippen LogP contribution in [0.3, 0.4) is 0 Å². The highest BCUT2D eigenvalue weighted by molar-refractivity contribution is 5.90. The minimum absolute atomic E-state index is 0.0518. The third-order valence-corrected chi connectivity index (χ3v) is 5.69. The van der Waals surface area contributed by atoms with Gasteiger partial charge in [0.2, 0.25) is 5.91 Å². The second kappa shape index (κ2) is 8.93. The number of nitrogens with one attached hydrogen (secondary N) is 1. The van der Waals surface area contributed by atoms with E-state index in [9.17, 15) is 4.79 Å². The van der Waals surface area contributed by atoms with Crippen LogP contribution in [0.15, 0.2) is 18.7 Å². The van der Waals surface area contributed by atoms with E-state index >= 15 is 0 Å². The lowest BCUT2D eigenvalue weighted by Gasteiger charge is -2.23. The standard InChI is InChI=1S/C21H28N8O2/c1-5-16(21(30)28-8-7-15(11-28)31-4)26-18-17-20(25-12-24-18)29(6-2)19(27-17)14-9-22-13(3)23-10-14/h9-10,12,15-16H,5-8,11H2,1-4H3,(H,24,25,26)/t15-,16+/m1/s1. The van der Waals surface area contributed by atoms with Crippen LogP contribution in [-0.4, -0.2) is 72.6 Å². The average Bonchev–Trinajstić information content (AvgIpc) is 3.42. The number of hydrogen-bond donors (Lipinski definition) is 1. The summed E-state index contributed by atoms with van der Waals surface area (Å²) in [4.78, 5) is 37.2. The van der Waals surface area contributed by atoms with Crippen molar-refractivity contribution in [2.75, 3.05) is 25.5 Å². The first-order chi connectivity index (χ1) is 15.0. The second-order valence-corrected chi connectivity index (χ2v) is 7.63. The van der Waals surface area contributed by atoms with E-state index in [1.807, 2.05) is 30.2 Å². The molecule has 3 aromatic heterocycles. The fourth-order valence-corrected chi connectivity index (χ4v) is 3.91. The van der Waals surface area contributed by atoms with Gasteiger partial charge in [0.05, 0.1) is 11.7 Å². The van der Waals surface area contributed by atoms with Gasteiger partial charge in [-0.1, -0.05) is 6.92 Å². The van der Waals surface area contributed by atoms with Crippen LogP contribution in [0.25, 0.3) is 22.6 Å². The molecular formula is C21H28N8O2. The molecule has 10 nitrogen and oxygen atoms in total. The zero-order valence-electron chi connectivity index (χ0n) is 18.4. The van der Waals surface area contributed by atoms with E-state index in [0.29, 0.717) is 48.9 Å². The summed E-state index contributed by atoms with van der Waals surface area (Å²) in [7, 11) is 1.69. The Bertz CT molecular complexity index is 1070. The normalized spacial score (nSPS) is 17.3. The molecule has 3 aromatic rings. The molecule has 1 N–H and O–H groups in total. The maximum atomic E-state index is 13.1. The van der Waals surface area contributed by atoms with Crippen molar-refractivity contribution in [2.24, 2.45) is 0 Å². The van der Waals surface area contributed by atoms with Crippen molar-refractivity contribution in [3.8, 4) is 11.4 Å². The van der Waals surface area contributed by atoms with E-state index in [2.05, 4.69) is 25.3 Å². The highest BCUT2D eigenvalue weighted by Gasteiger charge is 2.31. The number of ether oxygens (including phenoxy) is 1. The average molecular weight is 425 g/mol. The van der Waals surface area contributed by atoms with Crippen molar-refractivity contribution in [1.29, 1.82) is 0 Å². The molecule has 4 rings (SSSR count). The van der Waals surface area contributed by atoms with Crippen molar-refractivity contribution in [3.05, 3.63) is 24.5 Å². The van der Waals surface area contributed by atoms with Crippen molar-refractivity contribution >= 4 is 22.9 Å². The van der Waals surface area contributed by atoms with Crippen LogP contribution < -0.4 is 5.32 Å². The Morgan fingerprint density at radius 1 is 1.26 bits per heavy atom. The fraction of sp³-hybridized carbons (Fsp3) is 0.524. The van der Waals surface area contributed by atoms with Gasteiger partial charge < -0.3 is 19.5 Å². The lowest BCUT2D eigenvalue weighted by Crippen LogP contribution is -2.42. The van der Waals surface area contributed by atoms with Gasteiger partial charge in [0.15, 0.2) is 17.0 Å². The molecular weight excluding hydrogens is 396 g/mol. The number of methoxy groups -OCH3 is 1. The molecule has 0 radical (unpaired) electrons. The Kier molecular flexibility index (Phi) is 6.08. The number of carbonyl (C=O) groups excluding carboxylic acids is 1. The van der Waals surface area contributed by atoms with Gasteiger partial charge in [-0.05, 0) is 26.7 Å². The molecule has 0 spiro atoms. The SMILES string of the molecule is CC[C@H](Nc1ncnc2c1nc(-c1cnc(C)nc1)n2CC)C(=O)N1CC[C@@H](OC)C1. The van der Waals surface area contributed by atoms with Crippen molar-refractivity contribution in [3.63, 3.8) is 0 Å². The van der Waals surface area contributed by atoms with Gasteiger partial charge in [-0.15, -0.1) is 0 Å². The van der Waals surface area contributed by atoms with E-state index in [4.69, 9.17) is 9.72 Å². The number of hydrogen-bond acceptors (Lipinski definition) is 8. The van der Waals surface area contributed by atoms with Crippen LogP contribution in [-0.2, 0) is 16.1 Å². The van der Waals surface area contributed by atoms with Crippen LogP contribution in [0, 0.1) is 6.92 Å². The third kappa shape index (κ3) is 4.07. The quantitative estimate of drug-likeness (QED) is 0.613. The third-order valence-electron chi connectivity index (χ3n) is 5.69. The maximum absolute atomic E-state index is 13.1. The van der Waals surface area contributed by atoms with Crippen molar-refractivity contribution in [2.45, 2.75) is 52.3 Å². The molecule has 0 aromatic carbocycles. The van der Waals surface area contributed by atoms with E-state index in [1.54, 1.807) is 19.5 Å². The van der Waals surface area contributed by atoms with Crippen LogP contribution in [0.1, 0.15) is 32.5 Å². The van der Waals surface area contributed by atoms with Gasteiger partial charge in [0, 0.05) is 39.1 Å². The predicted molar refractivity (Wildman–Crippen MR) is 116 cm³/mol. The first-order valence-electron chi connectivity index (χ1n) is 10.6. The zero-order valence-corrected chi connectivity index (χ0v) is 18.4. The summed E-state index contributed by atoms with van der Waals surface area (Å²) in [5.41, 5.74) is 2.14. The molecule has 1 amide bonds. The molecule has 164 valence electrons. The molecule has 1 fully saturated rings. The number of carbonyl (C=O) groups is 1. The van der Waals surface area contributed by atoms with Gasteiger partial charge in [-0.2, -0.15) is 0 Å². The topological polar surface area (TPSA) is 111 Å². The molecule has 0 aliphatic carbocycles. The summed E-state index contributed by atoms with van der Waals surface area (Å²) >= 11 is 0. The molecule has 0 unspecified atom stereocenters. The Morgan fingerprint density at radius 3 is 2.68 bits per heavy atom. The summed E-state index contributed by atoms with van der Waals surface area (Å²) in [6.07, 6.45) is 6.61. The monoisotopic (exact) mass is 424 g/mol. The van der Waals surface area contributed by atoms with Gasteiger partial charge in [0.1, 0.15) is 24.0 Å². The largest absolute Gasteiger partial charge is 0.380 e. The molecule has 2 atom stereocenters. The van der Waals surface area contributed by atoms with Crippen LogP contribution in [0.4, 0.5) is 5.82 Å². The van der Waals surface area contributed by atoms with Crippen LogP contribution in [0.2, 0.25) is 0 Å². The molecule has 10 heteroatoms. The van der Waals surface area contributed by atoms with Gasteiger partial charge in [-0.25, -0.2) is 24.9 Å². The Labute approximate surface area is 181 Å². The number of rotatable bonds is 7. The number of amides is 1. The van der Waals surface area contributed by atoms with E-state index in [1.165, 1.54) is 6.33 Å². The van der Waals surface area contributed by atoms with Gasteiger partial charge in [0.25, 0.3) is 0 Å². The fourth-order valence-electron chi connectivity index (χ4n) is 3.91. The molecule has 0 bridgehead atoms.